The van der Waals surface area contributed by atoms with Gasteiger partial charge in [-0.15, -0.1) is 0 Å². The number of ether oxygens (including phenoxy) is 3. The average molecular weight is 579 g/mol. The summed E-state index contributed by atoms with van der Waals surface area (Å²) in [5.74, 6) is -1.48. The lowest BCUT2D eigenvalue weighted by atomic mass is 10.1. The van der Waals surface area contributed by atoms with Gasteiger partial charge in [0.1, 0.15) is 18.1 Å². The number of hydrogen-bond donors (Lipinski definition) is 2. The molecule has 1 fully saturated rings. The maximum Gasteiger partial charge on any atom is 0.423 e. The molecule has 0 aliphatic heterocycles. The quantitative estimate of drug-likeness (QED) is 0.107. The topological polar surface area (TPSA) is 171 Å². The molecule has 3 aromatic rings. The van der Waals surface area contributed by atoms with Crippen LogP contribution in [0.1, 0.15) is 58.0 Å². The Morgan fingerprint density at radius 2 is 1.93 bits per heavy atom. The lowest BCUT2D eigenvalue weighted by Gasteiger charge is -2.24. The number of benzene rings is 1. The monoisotopic (exact) mass is 578 g/mol. The summed E-state index contributed by atoms with van der Waals surface area (Å²) in [6, 6.07) is 4.98. The molecule has 2 aromatic heterocycles. The van der Waals surface area contributed by atoms with Crippen LogP contribution in [0.2, 0.25) is 0 Å². The largest absolute Gasteiger partial charge is 0.436 e. The number of amides is 3. The summed E-state index contributed by atoms with van der Waals surface area (Å²) in [4.78, 5) is 66.8. The first kappa shape index (κ1) is 29.7. The molecule has 0 bridgehead atoms. The van der Waals surface area contributed by atoms with Gasteiger partial charge in [-0.3, -0.25) is 14.4 Å². The molecule has 14 heteroatoms. The summed E-state index contributed by atoms with van der Waals surface area (Å²) in [5.41, 5.74) is 2.36. The first-order chi connectivity index (χ1) is 20.2. The minimum Gasteiger partial charge on any atom is -0.436 e. The molecule has 2 heterocycles. The average Bonchev–Trinajstić information content (AvgIpc) is 3.72. The molecule has 0 radical (unpaired) electrons. The van der Waals surface area contributed by atoms with Crippen molar-refractivity contribution in [3.8, 4) is 0 Å². The molecule has 220 valence electrons. The lowest BCUT2D eigenvalue weighted by Crippen LogP contribution is -2.31. The maximum atomic E-state index is 13.6. The lowest BCUT2D eigenvalue weighted by molar-refractivity contribution is -0.145. The van der Waals surface area contributed by atoms with E-state index >= 15 is 0 Å². The Balaban J connectivity index is 1.74. The van der Waals surface area contributed by atoms with Crippen LogP contribution in [0.25, 0.3) is 5.52 Å². The number of nitrogens with zero attached hydrogens (tertiary/aromatic N) is 4. The van der Waals surface area contributed by atoms with Gasteiger partial charge in [-0.25, -0.2) is 24.0 Å². The second-order valence-corrected chi connectivity index (χ2v) is 9.41. The van der Waals surface area contributed by atoms with Crippen molar-refractivity contribution in [1.82, 2.24) is 25.2 Å². The SMILES string of the molecule is CCCNC(=O)c1cn2ncnc(N(C(=O)OCOC(=O)C=COC=O)c3cc(C(=O)NC4CC4)ccc3C)c2c1C. The summed E-state index contributed by atoms with van der Waals surface area (Å²) < 4.78 is 15.8. The van der Waals surface area contributed by atoms with Gasteiger partial charge in [0.05, 0.1) is 17.3 Å². The van der Waals surface area contributed by atoms with Gasteiger partial charge < -0.3 is 24.8 Å². The third-order valence-corrected chi connectivity index (χ3v) is 6.33. The number of carbonyl (C=O) groups is 5. The molecule has 1 saturated carbocycles. The van der Waals surface area contributed by atoms with E-state index in [1.807, 2.05) is 6.92 Å². The Hall–Kier alpha value is -5.27. The van der Waals surface area contributed by atoms with Gasteiger partial charge in [0.15, 0.2) is 5.82 Å². The van der Waals surface area contributed by atoms with Gasteiger partial charge in [0.25, 0.3) is 18.3 Å². The summed E-state index contributed by atoms with van der Waals surface area (Å²) in [6.07, 6.45) is 5.95. The first-order valence-electron chi connectivity index (χ1n) is 13.2. The fraction of sp³-hybridized carbons (Fsp3) is 0.321. The van der Waals surface area contributed by atoms with Gasteiger partial charge in [-0.05, 0) is 56.4 Å². The zero-order valence-corrected chi connectivity index (χ0v) is 23.3. The number of hydrogen-bond acceptors (Lipinski definition) is 10. The normalized spacial score (nSPS) is 12.5. The van der Waals surface area contributed by atoms with E-state index in [4.69, 9.17) is 9.47 Å². The molecule has 42 heavy (non-hydrogen) atoms. The number of carbonyl (C=O) groups excluding carboxylic acids is 5. The molecule has 1 aromatic carbocycles. The van der Waals surface area contributed by atoms with Gasteiger partial charge in [0, 0.05) is 24.3 Å². The Labute approximate surface area is 240 Å². The van der Waals surface area contributed by atoms with Crippen molar-refractivity contribution in [2.24, 2.45) is 0 Å². The minimum atomic E-state index is -0.989. The second-order valence-electron chi connectivity index (χ2n) is 9.41. The van der Waals surface area contributed by atoms with Crippen LogP contribution >= 0.6 is 0 Å². The number of esters is 1. The molecular weight excluding hydrogens is 548 g/mol. The number of aryl methyl sites for hydroxylation is 2. The van der Waals surface area contributed by atoms with Crippen LogP contribution in [0.15, 0.2) is 43.1 Å². The van der Waals surface area contributed by atoms with Gasteiger partial charge in [0.2, 0.25) is 6.79 Å². The van der Waals surface area contributed by atoms with Crippen molar-refractivity contribution in [2.75, 3.05) is 18.2 Å². The van der Waals surface area contributed by atoms with E-state index in [1.54, 1.807) is 26.0 Å². The van der Waals surface area contributed by atoms with Gasteiger partial charge in [-0.1, -0.05) is 13.0 Å². The molecule has 4 rings (SSSR count). The number of fused-ring (bicyclic) bond motifs is 1. The van der Waals surface area contributed by atoms with Crippen molar-refractivity contribution in [3.63, 3.8) is 0 Å². The fourth-order valence-corrected chi connectivity index (χ4v) is 4.03. The predicted molar refractivity (Wildman–Crippen MR) is 148 cm³/mol. The third-order valence-electron chi connectivity index (χ3n) is 6.33. The van der Waals surface area contributed by atoms with E-state index in [1.165, 1.54) is 23.1 Å². The first-order valence-corrected chi connectivity index (χ1v) is 13.2. The summed E-state index contributed by atoms with van der Waals surface area (Å²) >= 11 is 0. The summed E-state index contributed by atoms with van der Waals surface area (Å²) in [5, 5.41) is 9.97. The van der Waals surface area contributed by atoms with Crippen LogP contribution < -0.4 is 15.5 Å². The van der Waals surface area contributed by atoms with Crippen molar-refractivity contribution in [2.45, 2.75) is 46.1 Å². The molecule has 3 amide bonds. The van der Waals surface area contributed by atoms with Crippen molar-refractivity contribution in [1.29, 1.82) is 0 Å². The van der Waals surface area contributed by atoms with Crippen LogP contribution in [-0.4, -0.2) is 64.3 Å². The Morgan fingerprint density at radius 1 is 1.14 bits per heavy atom. The highest BCUT2D eigenvalue weighted by molar-refractivity contribution is 6.05. The molecule has 0 saturated heterocycles. The highest BCUT2D eigenvalue weighted by Crippen LogP contribution is 2.34. The van der Waals surface area contributed by atoms with Gasteiger partial charge in [-0.2, -0.15) is 5.10 Å². The van der Waals surface area contributed by atoms with Gasteiger partial charge >= 0.3 is 12.1 Å². The third kappa shape index (κ3) is 6.89. The Morgan fingerprint density at radius 3 is 2.64 bits per heavy atom. The van der Waals surface area contributed by atoms with E-state index in [0.717, 1.165) is 36.5 Å². The number of anilines is 2. The van der Waals surface area contributed by atoms with Crippen LogP contribution in [-0.2, 0) is 23.8 Å². The Kier molecular flexibility index (Phi) is 9.47. The molecule has 2 N–H and O–H groups in total. The summed E-state index contributed by atoms with van der Waals surface area (Å²) in [6.45, 7) is 5.19. The standard InChI is InChI=1S/C28H30N6O8/c1-4-10-29-27(38)21-13-33-24(18(21)3)25(30-14-31-33)34(28(39)42-16-41-23(36)9-11-40-15-35)22-12-19(6-5-17(22)2)26(37)32-20-7-8-20/h5-6,9,11-15,20H,4,7-8,10,16H2,1-3H3,(H,29,38)(H,32,37). The number of aromatic nitrogens is 3. The molecular formula is C28H30N6O8. The molecule has 0 unspecified atom stereocenters. The molecule has 1 aliphatic carbocycles. The van der Waals surface area contributed by atoms with Crippen LogP contribution in [0, 0.1) is 13.8 Å². The van der Waals surface area contributed by atoms with Crippen molar-refractivity contribution in [3.05, 3.63) is 65.3 Å². The van der Waals surface area contributed by atoms with E-state index in [0.29, 0.717) is 34.3 Å². The smallest absolute Gasteiger partial charge is 0.423 e. The minimum absolute atomic E-state index is 0.0653. The predicted octanol–water partition coefficient (Wildman–Crippen LogP) is 2.84. The fourth-order valence-electron chi connectivity index (χ4n) is 4.03. The maximum absolute atomic E-state index is 13.6. The van der Waals surface area contributed by atoms with E-state index in [-0.39, 0.29) is 35.8 Å². The van der Waals surface area contributed by atoms with E-state index in [9.17, 15) is 24.0 Å². The van der Waals surface area contributed by atoms with Crippen LogP contribution in [0.5, 0.6) is 0 Å². The highest BCUT2D eigenvalue weighted by Gasteiger charge is 2.30. The highest BCUT2D eigenvalue weighted by atomic mass is 16.7. The van der Waals surface area contributed by atoms with Crippen molar-refractivity contribution < 1.29 is 38.2 Å². The van der Waals surface area contributed by atoms with E-state index < -0.39 is 18.9 Å². The second kappa shape index (κ2) is 13.4. The zero-order valence-electron chi connectivity index (χ0n) is 23.3. The Bertz CT molecular complexity index is 1540. The zero-order chi connectivity index (χ0) is 30.2. The molecule has 0 spiro atoms. The number of nitrogens with one attached hydrogen (secondary N) is 2. The summed E-state index contributed by atoms with van der Waals surface area (Å²) in [7, 11) is 0. The van der Waals surface area contributed by atoms with Crippen molar-refractivity contribution >= 4 is 47.4 Å². The number of rotatable bonds is 12. The van der Waals surface area contributed by atoms with Crippen LogP contribution in [0.4, 0.5) is 16.3 Å². The molecule has 0 atom stereocenters. The van der Waals surface area contributed by atoms with E-state index in [2.05, 4.69) is 25.5 Å². The molecule has 1 aliphatic rings. The molecule has 14 nitrogen and oxygen atoms in total. The van der Waals surface area contributed by atoms with Crippen LogP contribution in [0.3, 0.4) is 0 Å².